The van der Waals surface area contributed by atoms with Crippen molar-refractivity contribution >= 4 is 32.3 Å². The third-order valence-corrected chi connectivity index (χ3v) is 7.56. The summed E-state index contributed by atoms with van der Waals surface area (Å²) in [6, 6.07) is 26.2. The van der Waals surface area contributed by atoms with E-state index in [1.807, 2.05) is 11.3 Å². The van der Waals surface area contributed by atoms with E-state index in [0.29, 0.717) is 0 Å². The molecule has 0 unspecified atom stereocenters. The zero-order chi connectivity index (χ0) is 19.8. The first-order chi connectivity index (χ1) is 14.1. The fourth-order valence-corrected chi connectivity index (χ4v) is 6.49. The molecule has 5 aromatic rings. The first-order valence-electron chi connectivity index (χ1n) is 10.1. The first-order valence-corrected chi connectivity index (χ1v) is 10.9. The molecule has 0 aliphatic heterocycles. The van der Waals surface area contributed by atoms with Crippen molar-refractivity contribution < 1.29 is 0 Å². The molecule has 2 heterocycles. The van der Waals surface area contributed by atoms with Gasteiger partial charge in [-0.05, 0) is 52.8 Å². The Morgan fingerprint density at radius 1 is 0.759 bits per heavy atom. The molecule has 0 saturated heterocycles. The number of fused-ring (bicyclic) bond motifs is 6. The SMILES string of the molecule is Cc1cc(-c2cccc3c2C(C)(C)c2c-3sc3ccccc23)nc2ccccc12. The van der Waals surface area contributed by atoms with Crippen LogP contribution in [0.3, 0.4) is 0 Å². The lowest BCUT2D eigenvalue weighted by Gasteiger charge is -2.24. The number of rotatable bonds is 1. The molecule has 6 rings (SSSR count). The molecule has 2 aromatic heterocycles. The van der Waals surface area contributed by atoms with E-state index in [1.165, 1.54) is 48.2 Å². The number of aryl methyl sites for hydroxylation is 1. The van der Waals surface area contributed by atoms with Gasteiger partial charge in [0.05, 0.1) is 11.2 Å². The highest BCUT2D eigenvalue weighted by Gasteiger charge is 2.40. The minimum atomic E-state index is -0.0535. The average molecular weight is 392 g/mol. The number of hydrogen-bond acceptors (Lipinski definition) is 2. The van der Waals surface area contributed by atoms with Gasteiger partial charge in [0.1, 0.15) is 0 Å². The Bertz CT molecular complexity index is 1440. The number of benzene rings is 3. The molecule has 2 heteroatoms. The Hall–Kier alpha value is -2.97. The van der Waals surface area contributed by atoms with Crippen LogP contribution in [0.15, 0.2) is 72.8 Å². The second kappa shape index (κ2) is 5.77. The molecular weight excluding hydrogens is 370 g/mol. The lowest BCUT2D eigenvalue weighted by Crippen LogP contribution is -2.16. The zero-order valence-corrected chi connectivity index (χ0v) is 17.6. The third kappa shape index (κ3) is 2.24. The maximum absolute atomic E-state index is 5.06. The number of hydrogen-bond donors (Lipinski definition) is 0. The van der Waals surface area contributed by atoms with Crippen molar-refractivity contribution in [1.82, 2.24) is 4.98 Å². The van der Waals surface area contributed by atoms with Gasteiger partial charge in [0.15, 0.2) is 0 Å². The molecule has 29 heavy (non-hydrogen) atoms. The van der Waals surface area contributed by atoms with Gasteiger partial charge in [-0.3, -0.25) is 0 Å². The van der Waals surface area contributed by atoms with Crippen LogP contribution in [0, 0.1) is 6.92 Å². The van der Waals surface area contributed by atoms with Crippen LogP contribution in [-0.4, -0.2) is 4.98 Å². The summed E-state index contributed by atoms with van der Waals surface area (Å²) >= 11 is 1.92. The highest BCUT2D eigenvalue weighted by molar-refractivity contribution is 7.22. The summed E-state index contributed by atoms with van der Waals surface area (Å²) in [5, 5.41) is 2.62. The summed E-state index contributed by atoms with van der Waals surface area (Å²) in [7, 11) is 0. The highest BCUT2D eigenvalue weighted by atomic mass is 32.1. The van der Waals surface area contributed by atoms with Crippen LogP contribution >= 0.6 is 11.3 Å². The van der Waals surface area contributed by atoms with Crippen molar-refractivity contribution in [2.24, 2.45) is 0 Å². The first kappa shape index (κ1) is 16.9. The maximum Gasteiger partial charge on any atom is 0.0715 e. The Morgan fingerprint density at radius 3 is 2.34 bits per heavy atom. The molecule has 0 atom stereocenters. The minimum Gasteiger partial charge on any atom is -0.248 e. The third-order valence-electron chi connectivity index (χ3n) is 6.35. The summed E-state index contributed by atoms with van der Waals surface area (Å²) < 4.78 is 1.38. The van der Waals surface area contributed by atoms with E-state index in [2.05, 4.69) is 93.6 Å². The van der Waals surface area contributed by atoms with Gasteiger partial charge in [-0.2, -0.15) is 0 Å². The van der Waals surface area contributed by atoms with E-state index in [1.54, 1.807) is 0 Å². The monoisotopic (exact) mass is 391 g/mol. The van der Waals surface area contributed by atoms with Crippen LogP contribution in [0.4, 0.5) is 0 Å². The van der Waals surface area contributed by atoms with Gasteiger partial charge in [0.2, 0.25) is 0 Å². The van der Waals surface area contributed by atoms with Gasteiger partial charge < -0.3 is 0 Å². The molecular formula is C27H21NS. The molecule has 0 spiro atoms. The van der Waals surface area contributed by atoms with Crippen LogP contribution in [0.1, 0.15) is 30.5 Å². The van der Waals surface area contributed by atoms with E-state index in [9.17, 15) is 0 Å². The number of pyridine rings is 1. The number of aromatic nitrogens is 1. The zero-order valence-electron chi connectivity index (χ0n) is 16.8. The lowest BCUT2D eigenvalue weighted by atomic mass is 9.78. The molecule has 0 amide bonds. The van der Waals surface area contributed by atoms with Crippen molar-refractivity contribution in [3.63, 3.8) is 0 Å². The van der Waals surface area contributed by atoms with Crippen molar-refractivity contribution in [3.05, 3.63) is 89.5 Å². The molecule has 0 saturated carbocycles. The van der Waals surface area contributed by atoms with E-state index >= 15 is 0 Å². The Morgan fingerprint density at radius 2 is 1.48 bits per heavy atom. The summed E-state index contributed by atoms with van der Waals surface area (Å²) in [4.78, 5) is 6.48. The van der Waals surface area contributed by atoms with Crippen LogP contribution in [0.2, 0.25) is 0 Å². The van der Waals surface area contributed by atoms with Crippen molar-refractivity contribution in [1.29, 1.82) is 0 Å². The molecule has 140 valence electrons. The van der Waals surface area contributed by atoms with Gasteiger partial charge in [0, 0.05) is 25.9 Å². The fourth-order valence-electron chi connectivity index (χ4n) is 5.10. The Labute approximate surface area is 174 Å². The maximum atomic E-state index is 5.06. The molecule has 0 bridgehead atoms. The second-order valence-corrected chi connectivity index (χ2v) is 9.55. The van der Waals surface area contributed by atoms with E-state index in [4.69, 9.17) is 4.98 Å². The normalized spacial score (nSPS) is 14.3. The molecule has 0 fully saturated rings. The summed E-state index contributed by atoms with van der Waals surface area (Å²) in [6.45, 7) is 6.93. The molecule has 3 aromatic carbocycles. The number of nitrogens with zero attached hydrogens (tertiary/aromatic N) is 1. The molecule has 1 aliphatic carbocycles. The van der Waals surface area contributed by atoms with E-state index < -0.39 is 0 Å². The van der Waals surface area contributed by atoms with Gasteiger partial charge in [-0.15, -0.1) is 11.3 Å². The summed E-state index contributed by atoms with van der Waals surface area (Å²) in [5.74, 6) is 0. The van der Waals surface area contributed by atoms with Crippen LogP contribution < -0.4 is 0 Å². The summed E-state index contributed by atoms with van der Waals surface area (Å²) in [6.07, 6.45) is 0. The molecule has 0 radical (unpaired) electrons. The predicted octanol–water partition coefficient (Wildman–Crippen LogP) is 7.73. The molecule has 1 aliphatic rings. The summed E-state index contributed by atoms with van der Waals surface area (Å²) in [5.41, 5.74) is 8.88. The molecule has 1 nitrogen and oxygen atoms in total. The van der Waals surface area contributed by atoms with Crippen LogP contribution in [0.5, 0.6) is 0 Å². The minimum absolute atomic E-state index is 0.0535. The highest BCUT2D eigenvalue weighted by Crippen LogP contribution is 2.57. The van der Waals surface area contributed by atoms with Crippen LogP contribution in [-0.2, 0) is 5.41 Å². The fraction of sp³-hybridized carbons (Fsp3) is 0.148. The predicted molar refractivity (Wildman–Crippen MR) is 125 cm³/mol. The van der Waals surface area contributed by atoms with Crippen molar-refractivity contribution in [2.75, 3.05) is 0 Å². The Balaban J connectivity index is 1.66. The lowest BCUT2D eigenvalue weighted by molar-refractivity contribution is 0.668. The van der Waals surface area contributed by atoms with Gasteiger partial charge in [-0.1, -0.05) is 68.4 Å². The van der Waals surface area contributed by atoms with E-state index in [-0.39, 0.29) is 5.41 Å². The average Bonchev–Trinajstić information content (AvgIpc) is 3.22. The van der Waals surface area contributed by atoms with E-state index in [0.717, 1.165) is 11.2 Å². The van der Waals surface area contributed by atoms with Crippen molar-refractivity contribution in [3.8, 4) is 21.7 Å². The van der Waals surface area contributed by atoms with Gasteiger partial charge in [-0.25, -0.2) is 4.98 Å². The Kier molecular flexibility index (Phi) is 3.37. The number of para-hydroxylation sites is 1. The van der Waals surface area contributed by atoms with Crippen molar-refractivity contribution in [2.45, 2.75) is 26.2 Å². The smallest absolute Gasteiger partial charge is 0.0715 e. The van der Waals surface area contributed by atoms with Gasteiger partial charge in [0.25, 0.3) is 0 Å². The number of thiophene rings is 1. The quantitative estimate of drug-likeness (QED) is 0.285. The van der Waals surface area contributed by atoms with Gasteiger partial charge >= 0.3 is 0 Å². The molecule has 0 N–H and O–H groups in total. The second-order valence-electron chi connectivity index (χ2n) is 8.50. The topological polar surface area (TPSA) is 12.9 Å². The standard InChI is InChI=1S/C27H21NS/c1-16-15-22(28-21-13-6-4-9-17(16)21)18-11-8-12-20-24(18)27(2,3)25-19-10-5-7-14-23(19)29-26(20)25/h4-15H,1-3H3. The van der Waals surface area contributed by atoms with Crippen LogP contribution in [0.25, 0.3) is 42.7 Å². The largest absolute Gasteiger partial charge is 0.248 e.